The van der Waals surface area contributed by atoms with Crippen molar-refractivity contribution in [2.24, 2.45) is 0 Å². The fraction of sp³-hybridized carbons (Fsp3) is 1.00. The van der Waals surface area contributed by atoms with Crippen molar-refractivity contribution in [2.75, 3.05) is 20.1 Å². The molecule has 3 nitrogen and oxygen atoms in total. The van der Waals surface area contributed by atoms with Crippen molar-refractivity contribution in [3.63, 3.8) is 0 Å². The lowest BCUT2D eigenvalue weighted by Crippen LogP contribution is -2.54. The maximum atomic E-state index is 3.57. The summed E-state index contributed by atoms with van der Waals surface area (Å²) in [5, 5.41) is 5.88. The number of rotatable bonds is 1. The van der Waals surface area contributed by atoms with Crippen molar-refractivity contribution >= 4 is 0 Å². The van der Waals surface area contributed by atoms with Gasteiger partial charge in [0.25, 0.3) is 0 Å². The molecule has 2 bridgehead atoms. The Kier molecular flexibility index (Phi) is 1.64. The Hall–Kier alpha value is -0.120. The fourth-order valence-corrected chi connectivity index (χ4v) is 1.98. The molecule has 0 aliphatic carbocycles. The molecular weight excluding hydrogens is 126 g/mol. The first-order chi connectivity index (χ1) is 4.88. The molecule has 0 aromatic rings. The predicted octanol–water partition coefficient (Wildman–Crippen LogP) is -0.443. The molecule has 0 radical (unpaired) electrons. The van der Waals surface area contributed by atoms with Gasteiger partial charge >= 0.3 is 0 Å². The van der Waals surface area contributed by atoms with Crippen LogP contribution in [0.25, 0.3) is 0 Å². The zero-order valence-corrected chi connectivity index (χ0v) is 6.43. The van der Waals surface area contributed by atoms with E-state index in [2.05, 4.69) is 15.8 Å². The summed E-state index contributed by atoms with van der Waals surface area (Å²) in [6, 6.07) is 1.51. The summed E-state index contributed by atoms with van der Waals surface area (Å²) in [5.74, 6) is 0. The van der Waals surface area contributed by atoms with E-state index in [1.165, 1.54) is 25.9 Å². The van der Waals surface area contributed by atoms with Crippen LogP contribution < -0.4 is 10.7 Å². The first kappa shape index (κ1) is 6.58. The van der Waals surface area contributed by atoms with Crippen molar-refractivity contribution in [2.45, 2.75) is 24.9 Å². The van der Waals surface area contributed by atoms with E-state index < -0.39 is 0 Å². The van der Waals surface area contributed by atoms with Crippen LogP contribution >= 0.6 is 0 Å². The number of piperazine rings is 1. The Morgan fingerprint density at radius 1 is 1.30 bits per heavy atom. The Morgan fingerprint density at radius 2 is 1.90 bits per heavy atom. The zero-order chi connectivity index (χ0) is 6.97. The quantitative estimate of drug-likeness (QED) is 0.518. The van der Waals surface area contributed by atoms with Gasteiger partial charge in [-0.3, -0.25) is 5.43 Å². The average Bonchev–Trinajstić information content (AvgIpc) is 2.30. The zero-order valence-electron chi connectivity index (χ0n) is 6.43. The van der Waals surface area contributed by atoms with Gasteiger partial charge in [0.05, 0.1) is 0 Å². The van der Waals surface area contributed by atoms with Crippen LogP contribution in [0.1, 0.15) is 12.8 Å². The molecule has 0 saturated carbocycles. The van der Waals surface area contributed by atoms with Gasteiger partial charge < -0.3 is 5.32 Å². The van der Waals surface area contributed by atoms with Crippen molar-refractivity contribution in [3.8, 4) is 0 Å². The van der Waals surface area contributed by atoms with Crippen molar-refractivity contribution in [3.05, 3.63) is 0 Å². The highest BCUT2D eigenvalue weighted by molar-refractivity contribution is 4.91. The van der Waals surface area contributed by atoms with Gasteiger partial charge in [-0.1, -0.05) is 0 Å². The maximum absolute atomic E-state index is 3.57. The van der Waals surface area contributed by atoms with Crippen LogP contribution in [-0.4, -0.2) is 37.2 Å². The molecule has 0 aromatic carbocycles. The van der Waals surface area contributed by atoms with E-state index >= 15 is 0 Å². The molecule has 2 fully saturated rings. The number of fused-ring (bicyclic) bond motifs is 2. The van der Waals surface area contributed by atoms with E-state index in [9.17, 15) is 0 Å². The summed E-state index contributed by atoms with van der Waals surface area (Å²) in [7, 11) is 2.00. The lowest BCUT2D eigenvalue weighted by Gasteiger charge is -2.31. The molecule has 0 amide bonds. The molecule has 10 heavy (non-hydrogen) atoms. The van der Waals surface area contributed by atoms with Crippen molar-refractivity contribution in [1.82, 2.24) is 15.8 Å². The molecule has 0 aromatic heterocycles. The summed E-state index contributed by atoms with van der Waals surface area (Å²) in [6.45, 7) is 2.35. The van der Waals surface area contributed by atoms with Crippen LogP contribution in [-0.2, 0) is 0 Å². The molecular formula is C7H15N3. The number of nitrogens with zero attached hydrogens (tertiary/aromatic N) is 1. The van der Waals surface area contributed by atoms with E-state index in [1.54, 1.807) is 0 Å². The van der Waals surface area contributed by atoms with Crippen LogP contribution in [0.15, 0.2) is 0 Å². The summed E-state index contributed by atoms with van der Waals surface area (Å²) < 4.78 is 0. The molecule has 2 atom stereocenters. The van der Waals surface area contributed by atoms with Gasteiger partial charge in [0.2, 0.25) is 0 Å². The van der Waals surface area contributed by atoms with E-state index in [-0.39, 0.29) is 0 Å². The van der Waals surface area contributed by atoms with Gasteiger partial charge in [-0.25, -0.2) is 5.01 Å². The Bertz CT molecular complexity index is 114. The second-order valence-corrected chi connectivity index (χ2v) is 3.27. The van der Waals surface area contributed by atoms with Gasteiger partial charge in [0.1, 0.15) is 0 Å². The molecule has 2 saturated heterocycles. The van der Waals surface area contributed by atoms with Crippen molar-refractivity contribution in [1.29, 1.82) is 0 Å². The third-order valence-corrected chi connectivity index (χ3v) is 2.53. The molecule has 0 spiro atoms. The minimum atomic E-state index is 0.756. The van der Waals surface area contributed by atoms with Gasteiger partial charge in [-0.05, 0) is 19.9 Å². The molecule has 2 heterocycles. The van der Waals surface area contributed by atoms with E-state index in [0.29, 0.717) is 0 Å². The Morgan fingerprint density at radius 3 is 2.40 bits per heavy atom. The summed E-state index contributed by atoms with van der Waals surface area (Å²) >= 11 is 0. The van der Waals surface area contributed by atoms with Gasteiger partial charge in [0, 0.05) is 25.2 Å². The second-order valence-electron chi connectivity index (χ2n) is 3.27. The number of hydrazine groups is 1. The fourth-order valence-electron chi connectivity index (χ4n) is 1.98. The lowest BCUT2D eigenvalue weighted by molar-refractivity contribution is 0.146. The highest BCUT2D eigenvalue weighted by atomic mass is 15.5. The molecule has 2 unspecified atom stereocenters. The van der Waals surface area contributed by atoms with E-state index in [0.717, 1.165) is 12.1 Å². The topological polar surface area (TPSA) is 27.3 Å². The summed E-state index contributed by atoms with van der Waals surface area (Å²) in [6.07, 6.45) is 2.73. The minimum Gasteiger partial charge on any atom is -0.309 e. The van der Waals surface area contributed by atoms with E-state index in [4.69, 9.17) is 0 Å². The molecule has 58 valence electrons. The summed E-state index contributed by atoms with van der Waals surface area (Å²) in [5.41, 5.74) is 3.20. The van der Waals surface area contributed by atoms with Gasteiger partial charge in [-0.15, -0.1) is 0 Å². The van der Waals surface area contributed by atoms with E-state index in [1.807, 2.05) is 7.05 Å². The first-order valence-electron chi connectivity index (χ1n) is 4.07. The number of hydrogen-bond donors (Lipinski definition) is 2. The largest absolute Gasteiger partial charge is 0.309 e. The van der Waals surface area contributed by atoms with Crippen LogP contribution in [0, 0.1) is 0 Å². The van der Waals surface area contributed by atoms with Crippen LogP contribution in [0.3, 0.4) is 0 Å². The molecule has 2 aliphatic rings. The number of hydrogen-bond acceptors (Lipinski definition) is 3. The smallest absolute Gasteiger partial charge is 0.0285 e. The predicted molar refractivity (Wildman–Crippen MR) is 40.6 cm³/mol. The van der Waals surface area contributed by atoms with Crippen molar-refractivity contribution < 1.29 is 0 Å². The standard InChI is InChI=1S/C7H15N3/c1-8-10-4-6-2-3-7(5-10)9-6/h6-9H,2-5H2,1H3. The maximum Gasteiger partial charge on any atom is 0.0285 e. The Labute approximate surface area is 61.7 Å². The van der Waals surface area contributed by atoms with Crippen LogP contribution in [0.5, 0.6) is 0 Å². The lowest BCUT2D eigenvalue weighted by atomic mass is 10.2. The normalized spacial score (nSPS) is 40.5. The SMILES string of the molecule is CNN1CC2CCC(C1)N2. The molecule has 2 rings (SSSR count). The minimum absolute atomic E-state index is 0.756. The summed E-state index contributed by atoms with van der Waals surface area (Å²) in [4.78, 5) is 0. The monoisotopic (exact) mass is 141 g/mol. The molecule has 2 aliphatic heterocycles. The average molecular weight is 141 g/mol. The number of nitrogens with one attached hydrogen (secondary N) is 2. The van der Waals surface area contributed by atoms with Crippen LogP contribution in [0.4, 0.5) is 0 Å². The third-order valence-electron chi connectivity index (χ3n) is 2.53. The van der Waals surface area contributed by atoms with Crippen LogP contribution in [0.2, 0.25) is 0 Å². The highest BCUT2D eigenvalue weighted by Crippen LogP contribution is 2.18. The third kappa shape index (κ3) is 1.05. The molecule has 3 heteroatoms. The highest BCUT2D eigenvalue weighted by Gasteiger charge is 2.31. The van der Waals surface area contributed by atoms with Gasteiger partial charge in [0.15, 0.2) is 0 Å². The molecule has 2 N–H and O–H groups in total. The van der Waals surface area contributed by atoms with Gasteiger partial charge in [-0.2, -0.15) is 0 Å². The first-order valence-corrected chi connectivity index (χ1v) is 4.07. The second kappa shape index (κ2) is 2.49. The Balaban J connectivity index is 1.96.